The molecule has 3 N–H and O–H groups in total. The van der Waals surface area contributed by atoms with Gasteiger partial charge in [-0.05, 0) is 30.7 Å². The lowest BCUT2D eigenvalue weighted by Gasteiger charge is -2.22. The molecule has 1 atom stereocenters. The van der Waals surface area contributed by atoms with Gasteiger partial charge in [0.25, 0.3) is 5.91 Å². The van der Waals surface area contributed by atoms with E-state index in [0.717, 1.165) is 23.9 Å². The topological polar surface area (TPSA) is 71.3 Å². The van der Waals surface area contributed by atoms with Gasteiger partial charge >= 0.3 is 0 Å². The third kappa shape index (κ3) is 2.17. The number of nitrogens with one attached hydrogen (secondary N) is 1. The normalized spacial score (nSPS) is 18.9. The van der Waals surface area contributed by atoms with Crippen molar-refractivity contribution in [2.75, 3.05) is 26.0 Å². The van der Waals surface area contributed by atoms with Gasteiger partial charge in [0.15, 0.2) is 0 Å². The molecule has 1 amide bonds. The van der Waals surface area contributed by atoms with Crippen LogP contribution >= 0.6 is 0 Å². The van der Waals surface area contributed by atoms with E-state index in [0.29, 0.717) is 18.0 Å². The zero-order valence-corrected chi connectivity index (χ0v) is 10.8. The molecule has 3 rings (SSSR count). The van der Waals surface area contributed by atoms with Crippen molar-refractivity contribution in [2.24, 2.45) is 0 Å². The number of nitrogens with zero attached hydrogens (tertiary/aromatic N) is 1. The number of hydrogen-bond acceptors (Lipinski definition) is 3. The number of aromatic nitrogens is 1. The van der Waals surface area contributed by atoms with Gasteiger partial charge in [-0.15, -0.1) is 0 Å². The molecule has 1 aromatic heterocycles. The molecule has 5 heteroatoms. The maximum absolute atomic E-state index is 12.4. The fourth-order valence-corrected chi connectivity index (χ4v) is 2.45. The van der Waals surface area contributed by atoms with Gasteiger partial charge in [-0.25, -0.2) is 0 Å². The van der Waals surface area contributed by atoms with E-state index in [1.54, 1.807) is 4.90 Å². The van der Waals surface area contributed by atoms with E-state index in [1.165, 1.54) is 0 Å². The van der Waals surface area contributed by atoms with Crippen molar-refractivity contribution < 1.29 is 9.53 Å². The second-order valence-electron chi connectivity index (χ2n) is 4.96. The first-order chi connectivity index (χ1) is 9.15. The van der Waals surface area contributed by atoms with Crippen LogP contribution < -0.4 is 5.73 Å². The molecule has 0 bridgehead atoms. The average molecular weight is 259 g/mol. The average Bonchev–Trinajstić information content (AvgIpc) is 3.05. The van der Waals surface area contributed by atoms with Gasteiger partial charge in [0.1, 0.15) is 5.69 Å². The second-order valence-corrected chi connectivity index (χ2v) is 4.96. The molecule has 0 spiro atoms. The minimum atomic E-state index is -0.00901. The molecular weight excluding hydrogens is 242 g/mol. The largest absolute Gasteiger partial charge is 0.399 e. The number of amides is 1. The molecule has 1 aliphatic rings. The van der Waals surface area contributed by atoms with E-state index in [2.05, 4.69) is 4.98 Å². The predicted molar refractivity (Wildman–Crippen MR) is 74.0 cm³/mol. The number of fused-ring (bicyclic) bond motifs is 1. The third-order valence-corrected chi connectivity index (χ3v) is 3.65. The van der Waals surface area contributed by atoms with Crippen LogP contribution in [0.4, 0.5) is 5.69 Å². The number of benzene rings is 1. The number of H-pyrrole nitrogens is 1. The fraction of sp³-hybridized carbons (Fsp3) is 0.357. The summed E-state index contributed by atoms with van der Waals surface area (Å²) in [5, 5.41) is 0.958. The van der Waals surface area contributed by atoms with Crippen molar-refractivity contribution in [3.8, 4) is 0 Å². The first kappa shape index (κ1) is 12.0. The van der Waals surface area contributed by atoms with Crippen LogP contribution in [-0.4, -0.2) is 42.1 Å². The van der Waals surface area contributed by atoms with E-state index < -0.39 is 0 Å². The Balaban J connectivity index is 1.88. The number of likely N-dealkylation sites (N-methyl/N-ethyl adjacent to an activating group) is 1. The molecule has 0 saturated carbocycles. The number of nitrogens with two attached hydrogens (primary N) is 1. The second kappa shape index (κ2) is 4.59. The molecule has 19 heavy (non-hydrogen) atoms. The van der Waals surface area contributed by atoms with Crippen LogP contribution in [0.25, 0.3) is 10.9 Å². The number of carbonyl (C=O) groups excluding carboxylic acids is 1. The summed E-state index contributed by atoms with van der Waals surface area (Å²) >= 11 is 0. The van der Waals surface area contributed by atoms with Crippen molar-refractivity contribution in [2.45, 2.75) is 12.5 Å². The van der Waals surface area contributed by atoms with Crippen LogP contribution in [0.5, 0.6) is 0 Å². The molecule has 0 radical (unpaired) electrons. The summed E-state index contributed by atoms with van der Waals surface area (Å²) in [4.78, 5) is 17.3. The summed E-state index contributed by atoms with van der Waals surface area (Å²) in [5.41, 5.74) is 7.96. The monoisotopic (exact) mass is 259 g/mol. The van der Waals surface area contributed by atoms with Gasteiger partial charge in [-0.2, -0.15) is 0 Å². The molecule has 1 unspecified atom stereocenters. The molecule has 2 aromatic rings. The van der Waals surface area contributed by atoms with E-state index in [-0.39, 0.29) is 11.9 Å². The SMILES string of the molecule is CN(C(=O)c1cc2cc(N)ccc2[nH]1)C1CCOC1. The van der Waals surface area contributed by atoms with E-state index in [4.69, 9.17) is 10.5 Å². The molecule has 5 nitrogen and oxygen atoms in total. The molecule has 1 aliphatic heterocycles. The van der Waals surface area contributed by atoms with Gasteiger partial charge in [0.2, 0.25) is 0 Å². The molecule has 0 aliphatic carbocycles. The zero-order chi connectivity index (χ0) is 13.4. The van der Waals surface area contributed by atoms with Crippen LogP contribution in [0.3, 0.4) is 0 Å². The molecule has 2 heterocycles. The highest BCUT2D eigenvalue weighted by Crippen LogP contribution is 2.20. The maximum atomic E-state index is 12.4. The van der Waals surface area contributed by atoms with E-state index in [1.807, 2.05) is 31.3 Å². The third-order valence-electron chi connectivity index (χ3n) is 3.65. The predicted octanol–water partition coefficient (Wildman–Crippen LogP) is 1.61. The van der Waals surface area contributed by atoms with Crippen LogP contribution in [0.2, 0.25) is 0 Å². The first-order valence-electron chi connectivity index (χ1n) is 6.38. The lowest BCUT2D eigenvalue weighted by molar-refractivity contribution is 0.0706. The number of hydrogen-bond donors (Lipinski definition) is 2. The summed E-state index contributed by atoms with van der Waals surface area (Å²) in [5.74, 6) is -0.00901. The van der Waals surface area contributed by atoms with Crippen LogP contribution in [-0.2, 0) is 4.74 Å². The quantitative estimate of drug-likeness (QED) is 0.805. The Kier molecular flexibility index (Phi) is 2.91. The molecule has 1 fully saturated rings. The zero-order valence-electron chi connectivity index (χ0n) is 10.8. The van der Waals surface area contributed by atoms with Gasteiger partial charge in [0, 0.05) is 30.2 Å². The van der Waals surface area contributed by atoms with Crippen molar-refractivity contribution in [1.29, 1.82) is 0 Å². The number of anilines is 1. The number of ether oxygens (including phenoxy) is 1. The highest BCUT2D eigenvalue weighted by atomic mass is 16.5. The van der Waals surface area contributed by atoms with E-state index in [9.17, 15) is 4.79 Å². The lowest BCUT2D eigenvalue weighted by Crippen LogP contribution is -2.37. The van der Waals surface area contributed by atoms with E-state index >= 15 is 0 Å². The smallest absolute Gasteiger partial charge is 0.270 e. The molecular formula is C14H17N3O2. The highest BCUT2D eigenvalue weighted by molar-refractivity contribution is 5.98. The minimum absolute atomic E-state index is 0.00901. The lowest BCUT2D eigenvalue weighted by atomic mass is 10.2. The van der Waals surface area contributed by atoms with Gasteiger partial charge in [0.05, 0.1) is 12.6 Å². The van der Waals surface area contributed by atoms with Crippen molar-refractivity contribution >= 4 is 22.5 Å². The first-order valence-corrected chi connectivity index (χ1v) is 6.38. The fourth-order valence-electron chi connectivity index (χ4n) is 2.45. The Labute approximate surface area is 111 Å². The maximum Gasteiger partial charge on any atom is 0.270 e. The van der Waals surface area contributed by atoms with Gasteiger partial charge in [-0.1, -0.05) is 0 Å². The highest BCUT2D eigenvalue weighted by Gasteiger charge is 2.25. The Bertz CT molecular complexity index is 614. The minimum Gasteiger partial charge on any atom is -0.399 e. The molecule has 1 saturated heterocycles. The van der Waals surface area contributed by atoms with Crippen molar-refractivity contribution in [3.05, 3.63) is 30.0 Å². The molecule has 100 valence electrons. The number of nitrogen functional groups attached to an aromatic ring is 1. The standard InChI is InChI=1S/C14H17N3O2/c1-17(11-4-5-19-8-11)14(18)13-7-9-6-10(15)2-3-12(9)16-13/h2-3,6-7,11,16H,4-5,8,15H2,1H3. The van der Waals surface area contributed by atoms with Crippen LogP contribution in [0.15, 0.2) is 24.3 Å². The summed E-state index contributed by atoms with van der Waals surface area (Å²) in [6, 6.07) is 7.59. The van der Waals surface area contributed by atoms with Crippen molar-refractivity contribution in [3.63, 3.8) is 0 Å². The Morgan fingerprint density at radius 3 is 3.05 bits per heavy atom. The van der Waals surface area contributed by atoms with Gasteiger partial charge < -0.3 is 20.4 Å². The summed E-state index contributed by atoms with van der Waals surface area (Å²) < 4.78 is 5.32. The Hall–Kier alpha value is -2.01. The Morgan fingerprint density at radius 2 is 2.32 bits per heavy atom. The number of rotatable bonds is 2. The summed E-state index contributed by atoms with van der Waals surface area (Å²) in [6.07, 6.45) is 0.898. The van der Waals surface area contributed by atoms with Crippen LogP contribution in [0, 0.1) is 0 Å². The summed E-state index contributed by atoms with van der Waals surface area (Å²) in [7, 11) is 1.82. The Morgan fingerprint density at radius 1 is 1.47 bits per heavy atom. The number of carbonyl (C=O) groups is 1. The van der Waals surface area contributed by atoms with Crippen LogP contribution in [0.1, 0.15) is 16.9 Å². The molecule has 1 aromatic carbocycles. The summed E-state index contributed by atoms with van der Waals surface area (Å²) in [6.45, 7) is 1.35. The van der Waals surface area contributed by atoms with Crippen molar-refractivity contribution in [1.82, 2.24) is 9.88 Å². The number of aromatic amines is 1. The van der Waals surface area contributed by atoms with Gasteiger partial charge in [-0.3, -0.25) is 4.79 Å².